The normalized spacial score (nSPS) is 14.4. The standard InChI is InChI=1S/C16H21N3O5S/c1-7-9(3)25-14(18-13(21)10-5-6-10)11(7)15(22)24-8(2)12(20)19-16(23)17-4/h8,10H,5-6H2,1-4H3,(H,18,21)(H2,17,19,20,23)/t8-/m0/s1. The number of amides is 4. The van der Waals surface area contributed by atoms with E-state index in [4.69, 9.17) is 4.74 Å². The summed E-state index contributed by atoms with van der Waals surface area (Å²) in [7, 11) is 1.37. The molecule has 1 aliphatic carbocycles. The lowest BCUT2D eigenvalue weighted by Gasteiger charge is -2.13. The van der Waals surface area contributed by atoms with Crippen molar-refractivity contribution < 1.29 is 23.9 Å². The molecule has 0 unspecified atom stereocenters. The molecule has 1 aromatic rings. The summed E-state index contributed by atoms with van der Waals surface area (Å²) in [5.41, 5.74) is 0.941. The summed E-state index contributed by atoms with van der Waals surface area (Å²) in [6.45, 7) is 4.96. The van der Waals surface area contributed by atoms with E-state index in [-0.39, 0.29) is 17.4 Å². The summed E-state index contributed by atoms with van der Waals surface area (Å²) in [6.07, 6.45) is 0.550. The second-order valence-corrected chi connectivity index (χ2v) is 7.09. The minimum Gasteiger partial charge on any atom is -0.449 e. The summed E-state index contributed by atoms with van der Waals surface area (Å²) in [5.74, 6) is -1.56. The van der Waals surface area contributed by atoms with E-state index in [1.54, 1.807) is 6.92 Å². The van der Waals surface area contributed by atoms with E-state index in [0.29, 0.717) is 10.6 Å². The van der Waals surface area contributed by atoms with E-state index in [2.05, 4.69) is 10.6 Å². The van der Waals surface area contributed by atoms with Gasteiger partial charge >= 0.3 is 12.0 Å². The van der Waals surface area contributed by atoms with Crippen molar-refractivity contribution in [2.75, 3.05) is 12.4 Å². The van der Waals surface area contributed by atoms with E-state index in [1.165, 1.54) is 25.3 Å². The molecule has 0 saturated heterocycles. The van der Waals surface area contributed by atoms with Crippen LogP contribution >= 0.6 is 11.3 Å². The first kappa shape index (κ1) is 18.9. The third kappa shape index (κ3) is 4.56. The molecule has 1 atom stereocenters. The van der Waals surface area contributed by atoms with Crippen molar-refractivity contribution in [3.8, 4) is 0 Å². The van der Waals surface area contributed by atoms with Crippen LogP contribution in [0.15, 0.2) is 0 Å². The van der Waals surface area contributed by atoms with Crippen molar-refractivity contribution in [1.82, 2.24) is 10.6 Å². The number of urea groups is 1. The van der Waals surface area contributed by atoms with Gasteiger partial charge in [0.05, 0.1) is 5.56 Å². The lowest BCUT2D eigenvalue weighted by atomic mass is 10.1. The minimum absolute atomic E-state index is 0.00356. The van der Waals surface area contributed by atoms with E-state index in [1.807, 2.05) is 12.2 Å². The van der Waals surface area contributed by atoms with Crippen molar-refractivity contribution in [3.63, 3.8) is 0 Å². The van der Waals surface area contributed by atoms with Gasteiger partial charge in [0.15, 0.2) is 6.10 Å². The van der Waals surface area contributed by atoms with Crippen molar-refractivity contribution in [2.24, 2.45) is 5.92 Å². The fourth-order valence-electron chi connectivity index (χ4n) is 2.07. The Labute approximate surface area is 149 Å². The predicted molar refractivity (Wildman–Crippen MR) is 92.6 cm³/mol. The van der Waals surface area contributed by atoms with Crippen molar-refractivity contribution in [1.29, 1.82) is 0 Å². The minimum atomic E-state index is -1.16. The maximum atomic E-state index is 12.5. The molecule has 2 rings (SSSR count). The fraction of sp³-hybridized carbons (Fsp3) is 0.500. The second kappa shape index (κ2) is 7.64. The van der Waals surface area contributed by atoms with Gasteiger partial charge in [0, 0.05) is 17.8 Å². The molecule has 3 N–H and O–H groups in total. The Kier molecular flexibility index (Phi) is 5.78. The first-order valence-corrected chi connectivity index (χ1v) is 8.70. The molecular formula is C16H21N3O5S. The number of carbonyl (C=O) groups is 4. The summed E-state index contributed by atoms with van der Waals surface area (Å²) >= 11 is 1.30. The molecule has 0 spiro atoms. The summed E-state index contributed by atoms with van der Waals surface area (Å²) < 4.78 is 5.16. The molecule has 0 radical (unpaired) electrons. The fourth-order valence-corrected chi connectivity index (χ4v) is 3.12. The zero-order chi connectivity index (χ0) is 18.7. The van der Waals surface area contributed by atoms with Gasteiger partial charge in [-0.15, -0.1) is 11.3 Å². The molecule has 136 valence electrons. The van der Waals surface area contributed by atoms with Crippen LogP contribution in [0.2, 0.25) is 0 Å². The Balaban J connectivity index is 2.11. The lowest BCUT2D eigenvalue weighted by Crippen LogP contribution is -2.43. The Morgan fingerprint density at radius 3 is 2.40 bits per heavy atom. The predicted octanol–water partition coefficient (Wildman–Crippen LogP) is 1.71. The van der Waals surface area contributed by atoms with Crippen molar-refractivity contribution >= 4 is 40.2 Å². The third-order valence-electron chi connectivity index (χ3n) is 3.89. The average Bonchev–Trinajstić information content (AvgIpc) is 3.35. The van der Waals surface area contributed by atoms with E-state index in [0.717, 1.165) is 17.7 Å². The van der Waals surface area contributed by atoms with Gasteiger partial charge in [-0.3, -0.25) is 14.9 Å². The topological polar surface area (TPSA) is 114 Å². The summed E-state index contributed by atoms with van der Waals surface area (Å²) in [5, 5.41) is 7.48. The highest BCUT2D eigenvalue weighted by atomic mass is 32.1. The Morgan fingerprint density at radius 2 is 1.84 bits per heavy atom. The van der Waals surface area contributed by atoms with Crippen LogP contribution in [0.5, 0.6) is 0 Å². The van der Waals surface area contributed by atoms with Gasteiger partial charge in [0.1, 0.15) is 5.00 Å². The van der Waals surface area contributed by atoms with Gasteiger partial charge < -0.3 is 15.4 Å². The molecule has 0 aromatic carbocycles. The van der Waals surface area contributed by atoms with E-state index < -0.39 is 24.0 Å². The van der Waals surface area contributed by atoms with Crippen LogP contribution < -0.4 is 16.0 Å². The number of thiophene rings is 1. The van der Waals surface area contributed by atoms with Crippen LogP contribution in [0.1, 0.15) is 40.6 Å². The first-order valence-electron chi connectivity index (χ1n) is 7.89. The molecule has 0 aliphatic heterocycles. The number of aryl methyl sites for hydroxylation is 1. The summed E-state index contributed by atoms with van der Waals surface area (Å²) in [6, 6.07) is -0.687. The summed E-state index contributed by atoms with van der Waals surface area (Å²) in [4.78, 5) is 48.3. The molecule has 1 fully saturated rings. The van der Waals surface area contributed by atoms with Gasteiger partial charge in [0.2, 0.25) is 5.91 Å². The van der Waals surface area contributed by atoms with Gasteiger partial charge in [-0.2, -0.15) is 0 Å². The maximum Gasteiger partial charge on any atom is 0.342 e. The quantitative estimate of drug-likeness (QED) is 0.686. The number of hydrogen-bond donors (Lipinski definition) is 3. The van der Waals surface area contributed by atoms with Crippen LogP contribution in [0, 0.1) is 19.8 Å². The first-order chi connectivity index (χ1) is 11.7. The molecule has 0 bridgehead atoms. The highest BCUT2D eigenvalue weighted by Crippen LogP contribution is 2.36. The van der Waals surface area contributed by atoms with Crippen LogP contribution in [0.25, 0.3) is 0 Å². The highest BCUT2D eigenvalue weighted by molar-refractivity contribution is 7.16. The van der Waals surface area contributed by atoms with Gasteiger partial charge in [-0.25, -0.2) is 9.59 Å². The van der Waals surface area contributed by atoms with Crippen molar-refractivity contribution in [3.05, 3.63) is 16.0 Å². The molecule has 1 aliphatic rings. The largest absolute Gasteiger partial charge is 0.449 e. The van der Waals surface area contributed by atoms with Crippen LogP contribution in [0.3, 0.4) is 0 Å². The van der Waals surface area contributed by atoms with Gasteiger partial charge in [-0.05, 0) is 39.2 Å². The number of nitrogens with one attached hydrogen (secondary N) is 3. The zero-order valence-corrected chi connectivity index (χ0v) is 15.3. The Morgan fingerprint density at radius 1 is 1.20 bits per heavy atom. The third-order valence-corrected chi connectivity index (χ3v) is 5.01. The number of rotatable bonds is 5. The SMILES string of the molecule is CNC(=O)NC(=O)[C@H](C)OC(=O)c1c(NC(=O)C2CC2)sc(C)c1C. The molecule has 1 heterocycles. The van der Waals surface area contributed by atoms with E-state index >= 15 is 0 Å². The number of esters is 1. The smallest absolute Gasteiger partial charge is 0.342 e. The lowest BCUT2D eigenvalue weighted by molar-refractivity contribution is -0.128. The molecule has 9 heteroatoms. The number of anilines is 1. The van der Waals surface area contributed by atoms with Gasteiger partial charge in [-0.1, -0.05) is 0 Å². The molecular weight excluding hydrogens is 346 g/mol. The van der Waals surface area contributed by atoms with Gasteiger partial charge in [0.25, 0.3) is 5.91 Å². The monoisotopic (exact) mass is 367 g/mol. The molecule has 4 amide bonds. The molecule has 8 nitrogen and oxygen atoms in total. The number of carbonyl (C=O) groups excluding carboxylic acids is 4. The number of ether oxygens (including phenoxy) is 1. The van der Waals surface area contributed by atoms with Crippen LogP contribution in [-0.2, 0) is 14.3 Å². The number of imide groups is 1. The van der Waals surface area contributed by atoms with Crippen molar-refractivity contribution in [2.45, 2.75) is 39.7 Å². The number of hydrogen-bond acceptors (Lipinski definition) is 6. The molecule has 1 aromatic heterocycles. The maximum absolute atomic E-state index is 12.5. The second-order valence-electron chi connectivity index (χ2n) is 5.87. The van der Waals surface area contributed by atoms with Crippen LogP contribution in [-0.4, -0.2) is 37.0 Å². The highest BCUT2D eigenvalue weighted by Gasteiger charge is 2.32. The Bertz CT molecular complexity index is 724. The Hall–Kier alpha value is -2.42. The molecule has 25 heavy (non-hydrogen) atoms. The van der Waals surface area contributed by atoms with Crippen LogP contribution in [0.4, 0.5) is 9.80 Å². The molecule has 1 saturated carbocycles. The average molecular weight is 367 g/mol. The zero-order valence-electron chi connectivity index (χ0n) is 14.5. The van der Waals surface area contributed by atoms with E-state index in [9.17, 15) is 19.2 Å².